The van der Waals surface area contributed by atoms with E-state index in [2.05, 4.69) is 34.7 Å². The molecule has 1 saturated heterocycles. The van der Waals surface area contributed by atoms with E-state index in [1.54, 1.807) is 0 Å². The van der Waals surface area contributed by atoms with Gasteiger partial charge in [-0.2, -0.15) is 0 Å². The molecule has 1 fully saturated rings. The van der Waals surface area contributed by atoms with Gasteiger partial charge in [0.25, 0.3) is 0 Å². The van der Waals surface area contributed by atoms with E-state index in [1.807, 2.05) is 11.3 Å². The lowest BCUT2D eigenvalue weighted by Crippen LogP contribution is -2.26. The first-order valence-corrected chi connectivity index (χ1v) is 7.23. The second kappa shape index (κ2) is 6.38. The van der Waals surface area contributed by atoms with Crippen LogP contribution in [0.2, 0.25) is 0 Å². The summed E-state index contributed by atoms with van der Waals surface area (Å²) in [6.45, 7) is 7.29. The second-order valence-corrected chi connectivity index (χ2v) is 5.57. The molecular formula is C13H22N2S. The van der Waals surface area contributed by atoms with E-state index in [0.717, 1.165) is 6.54 Å². The Balaban J connectivity index is 1.57. The summed E-state index contributed by atoms with van der Waals surface area (Å²) < 4.78 is 0. The first kappa shape index (κ1) is 12.1. The van der Waals surface area contributed by atoms with Gasteiger partial charge in [0, 0.05) is 10.9 Å². The van der Waals surface area contributed by atoms with E-state index in [1.165, 1.54) is 43.8 Å². The molecule has 16 heavy (non-hydrogen) atoms. The average molecular weight is 238 g/mol. The Kier molecular flexibility index (Phi) is 4.82. The molecule has 0 amide bonds. The number of rotatable bonds is 6. The van der Waals surface area contributed by atoms with Crippen molar-refractivity contribution in [1.82, 2.24) is 10.2 Å². The van der Waals surface area contributed by atoms with E-state index >= 15 is 0 Å². The maximum absolute atomic E-state index is 3.59. The monoisotopic (exact) mass is 238 g/mol. The quantitative estimate of drug-likeness (QED) is 0.767. The topological polar surface area (TPSA) is 15.3 Å². The number of nitrogens with one attached hydrogen (secondary N) is 1. The van der Waals surface area contributed by atoms with Gasteiger partial charge in [0.15, 0.2) is 0 Å². The molecule has 0 radical (unpaired) electrons. The van der Waals surface area contributed by atoms with Crippen LogP contribution in [0, 0.1) is 0 Å². The molecule has 2 rings (SSSR count). The van der Waals surface area contributed by atoms with Crippen LogP contribution in [0.25, 0.3) is 0 Å². The summed E-state index contributed by atoms with van der Waals surface area (Å²) in [4.78, 5) is 4.03. The van der Waals surface area contributed by atoms with Crippen molar-refractivity contribution in [3.63, 3.8) is 0 Å². The first-order chi connectivity index (χ1) is 7.86. The molecule has 0 aromatic carbocycles. The number of nitrogens with zero attached hydrogens (tertiary/aromatic N) is 1. The van der Waals surface area contributed by atoms with Gasteiger partial charge in [-0.25, -0.2) is 0 Å². The summed E-state index contributed by atoms with van der Waals surface area (Å²) in [7, 11) is 0. The summed E-state index contributed by atoms with van der Waals surface area (Å²) in [5.41, 5.74) is 0. The van der Waals surface area contributed by atoms with E-state index in [9.17, 15) is 0 Å². The largest absolute Gasteiger partial charge is 0.309 e. The van der Waals surface area contributed by atoms with Gasteiger partial charge in [-0.15, -0.1) is 11.3 Å². The lowest BCUT2D eigenvalue weighted by atomic mass is 10.2. The first-order valence-electron chi connectivity index (χ1n) is 6.35. The molecule has 0 bridgehead atoms. The van der Waals surface area contributed by atoms with Gasteiger partial charge in [-0.05, 0) is 63.8 Å². The van der Waals surface area contributed by atoms with E-state index in [0.29, 0.717) is 6.04 Å². The maximum atomic E-state index is 3.59. The van der Waals surface area contributed by atoms with Crippen molar-refractivity contribution in [2.45, 2.75) is 32.2 Å². The summed E-state index contributed by atoms with van der Waals surface area (Å²) in [6, 6.07) is 4.85. The van der Waals surface area contributed by atoms with Gasteiger partial charge in [-0.1, -0.05) is 6.07 Å². The van der Waals surface area contributed by atoms with Gasteiger partial charge >= 0.3 is 0 Å². The highest BCUT2D eigenvalue weighted by molar-refractivity contribution is 7.10. The highest BCUT2D eigenvalue weighted by atomic mass is 32.1. The van der Waals surface area contributed by atoms with Crippen molar-refractivity contribution < 1.29 is 0 Å². The molecule has 1 aliphatic rings. The Labute approximate surface area is 103 Å². The number of likely N-dealkylation sites (tertiary alicyclic amines) is 1. The summed E-state index contributed by atoms with van der Waals surface area (Å²) in [5.74, 6) is 0. The Morgan fingerprint density at radius 1 is 1.44 bits per heavy atom. The third-order valence-corrected chi connectivity index (χ3v) is 4.33. The Morgan fingerprint density at radius 3 is 2.94 bits per heavy atom. The number of hydrogen-bond donors (Lipinski definition) is 1. The molecule has 1 aromatic heterocycles. The molecule has 1 aromatic rings. The van der Waals surface area contributed by atoms with Crippen LogP contribution < -0.4 is 5.32 Å². The number of hydrogen-bond acceptors (Lipinski definition) is 3. The lowest BCUT2D eigenvalue weighted by molar-refractivity contribution is 0.328. The molecular weight excluding hydrogens is 216 g/mol. The molecule has 1 unspecified atom stereocenters. The standard InChI is InChI=1S/C13H22N2S/c1-12(13-6-4-11-16-13)14-7-5-10-15-8-2-3-9-15/h4,6,11-12,14H,2-3,5,7-10H2,1H3. The fourth-order valence-corrected chi connectivity index (χ4v) is 3.02. The SMILES string of the molecule is CC(NCCCN1CCCC1)c1cccs1. The molecule has 0 spiro atoms. The predicted octanol–water partition coefficient (Wildman–Crippen LogP) is 2.88. The summed E-state index contributed by atoms with van der Waals surface area (Å²) >= 11 is 1.84. The van der Waals surface area contributed by atoms with Crippen molar-refractivity contribution in [3.8, 4) is 0 Å². The average Bonchev–Trinajstić information content (AvgIpc) is 2.96. The third-order valence-electron chi connectivity index (χ3n) is 3.27. The van der Waals surface area contributed by atoms with Crippen LogP contribution in [0.1, 0.15) is 37.1 Å². The molecule has 3 heteroatoms. The molecule has 1 aliphatic heterocycles. The van der Waals surface area contributed by atoms with Gasteiger partial charge in [-0.3, -0.25) is 0 Å². The van der Waals surface area contributed by atoms with Crippen LogP contribution in [0.5, 0.6) is 0 Å². The Hall–Kier alpha value is -0.380. The van der Waals surface area contributed by atoms with Gasteiger partial charge in [0.2, 0.25) is 0 Å². The highest BCUT2D eigenvalue weighted by Gasteiger charge is 2.10. The van der Waals surface area contributed by atoms with Gasteiger partial charge < -0.3 is 10.2 Å². The van der Waals surface area contributed by atoms with Crippen LogP contribution in [-0.2, 0) is 0 Å². The fourth-order valence-electron chi connectivity index (χ4n) is 2.27. The zero-order valence-electron chi connectivity index (χ0n) is 10.1. The Morgan fingerprint density at radius 2 is 2.25 bits per heavy atom. The van der Waals surface area contributed by atoms with Crippen LogP contribution in [0.15, 0.2) is 17.5 Å². The van der Waals surface area contributed by atoms with Crippen molar-refractivity contribution >= 4 is 11.3 Å². The van der Waals surface area contributed by atoms with Crippen LogP contribution in [-0.4, -0.2) is 31.1 Å². The minimum atomic E-state index is 0.513. The summed E-state index contributed by atoms with van der Waals surface area (Å²) in [6.07, 6.45) is 4.08. The molecule has 2 heterocycles. The molecule has 0 saturated carbocycles. The van der Waals surface area contributed by atoms with Crippen molar-refractivity contribution in [2.75, 3.05) is 26.2 Å². The van der Waals surface area contributed by atoms with E-state index in [4.69, 9.17) is 0 Å². The smallest absolute Gasteiger partial charge is 0.0386 e. The molecule has 1 atom stereocenters. The van der Waals surface area contributed by atoms with Crippen LogP contribution in [0.3, 0.4) is 0 Å². The van der Waals surface area contributed by atoms with Crippen molar-refractivity contribution in [3.05, 3.63) is 22.4 Å². The second-order valence-electron chi connectivity index (χ2n) is 4.59. The normalized spacial score (nSPS) is 19.1. The van der Waals surface area contributed by atoms with Crippen molar-refractivity contribution in [1.29, 1.82) is 0 Å². The van der Waals surface area contributed by atoms with Crippen molar-refractivity contribution in [2.24, 2.45) is 0 Å². The zero-order chi connectivity index (χ0) is 11.2. The zero-order valence-corrected chi connectivity index (χ0v) is 10.9. The minimum absolute atomic E-state index is 0.513. The van der Waals surface area contributed by atoms with Crippen LogP contribution in [0.4, 0.5) is 0 Å². The molecule has 0 aliphatic carbocycles. The van der Waals surface area contributed by atoms with E-state index < -0.39 is 0 Å². The molecule has 90 valence electrons. The Bertz CT molecular complexity index is 278. The predicted molar refractivity (Wildman–Crippen MR) is 71.0 cm³/mol. The molecule has 1 N–H and O–H groups in total. The lowest BCUT2D eigenvalue weighted by Gasteiger charge is -2.16. The van der Waals surface area contributed by atoms with Gasteiger partial charge in [0.1, 0.15) is 0 Å². The van der Waals surface area contributed by atoms with E-state index in [-0.39, 0.29) is 0 Å². The summed E-state index contributed by atoms with van der Waals surface area (Å²) in [5, 5.41) is 5.74. The van der Waals surface area contributed by atoms with Crippen LogP contribution >= 0.6 is 11.3 Å². The third kappa shape index (κ3) is 3.58. The fraction of sp³-hybridized carbons (Fsp3) is 0.692. The minimum Gasteiger partial charge on any atom is -0.309 e. The van der Waals surface area contributed by atoms with Gasteiger partial charge in [0.05, 0.1) is 0 Å². The highest BCUT2D eigenvalue weighted by Crippen LogP contribution is 2.17. The molecule has 2 nitrogen and oxygen atoms in total. The maximum Gasteiger partial charge on any atom is 0.0386 e. The number of thiophene rings is 1.